The molecule has 0 unspecified atom stereocenters. The third-order valence-corrected chi connectivity index (χ3v) is 1.93. The minimum Gasteiger partial charge on any atom is -0.445 e. The number of nitrogens with zero attached hydrogens (tertiary/aromatic N) is 2. The number of amides is 1. The Morgan fingerprint density at radius 3 is 3.29 bits per heavy atom. The number of carbonyl (C=O) groups excluding carboxylic acids is 1. The normalized spacial score (nSPS) is 10.1. The number of hydrogen-bond acceptors (Lipinski definition) is 5. The van der Waals surface area contributed by atoms with Crippen LogP contribution in [0.5, 0.6) is 0 Å². The van der Waals surface area contributed by atoms with Gasteiger partial charge in [-0.3, -0.25) is 0 Å². The van der Waals surface area contributed by atoms with Crippen molar-refractivity contribution in [1.29, 1.82) is 0 Å². The van der Waals surface area contributed by atoms with Crippen LogP contribution in [0, 0.1) is 0 Å². The fraction of sp³-hybridized carbons (Fsp3) is 0.182. The fourth-order valence-electron chi connectivity index (χ4n) is 1.22. The van der Waals surface area contributed by atoms with E-state index >= 15 is 0 Å². The molecule has 6 nitrogen and oxygen atoms in total. The van der Waals surface area contributed by atoms with E-state index in [1.165, 1.54) is 6.08 Å². The monoisotopic (exact) mass is 233 g/mol. The van der Waals surface area contributed by atoms with Crippen molar-refractivity contribution < 1.29 is 13.9 Å². The molecule has 6 heteroatoms. The molecule has 0 saturated carbocycles. The largest absolute Gasteiger partial charge is 0.445 e. The highest BCUT2D eigenvalue weighted by Gasteiger charge is 2.07. The average Bonchev–Trinajstić information content (AvgIpc) is 2.76. The molecule has 1 amide bonds. The lowest BCUT2D eigenvalue weighted by atomic mass is 10.5. The first-order valence-electron chi connectivity index (χ1n) is 5.01. The Bertz CT molecular complexity index is 502. The number of ether oxygens (including phenoxy) is 1. The number of carbonyl (C=O) groups is 1. The molecule has 0 atom stereocenters. The second-order valence-electron chi connectivity index (χ2n) is 3.17. The summed E-state index contributed by atoms with van der Waals surface area (Å²) in [7, 11) is 0. The van der Waals surface area contributed by atoms with Crippen LogP contribution in [0.25, 0.3) is 11.2 Å². The Labute approximate surface area is 97.3 Å². The number of fused-ring (bicyclic) bond motifs is 1. The van der Waals surface area contributed by atoms with Crippen molar-refractivity contribution in [2.24, 2.45) is 0 Å². The Balaban J connectivity index is 1.94. The molecule has 2 rings (SSSR count). The molecular weight excluding hydrogens is 222 g/mol. The van der Waals surface area contributed by atoms with E-state index in [0.29, 0.717) is 17.1 Å². The van der Waals surface area contributed by atoms with E-state index in [1.807, 2.05) is 0 Å². The molecule has 0 aliphatic rings. The van der Waals surface area contributed by atoms with Crippen molar-refractivity contribution in [3.8, 4) is 0 Å². The lowest BCUT2D eigenvalue weighted by molar-refractivity contribution is 0.157. The molecule has 1 N–H and O–H groups in total. The van der Waals surface area contributed by atoms with Crippen LogP contribution in [0.2, 0.25) is 0 Å². The van der Waals surface area contributed by atoms with Crippen molar-refractivity contribution in [2.45, 2.75) is 6.54 Å². The molecule has 0 aliphatic heterocycles. The van der Waals surface area contributed by atoms with Gasteiger partial charge in [-0.25, -0.2) is 9.78 Å². The number of oxazole rings is 1. The molecule has 88 valence electrons. The first-order chi connectivity index (χ1) is 8.29. The van der Waals surface area contributed by atoms with Crippen molar-refractivity contribution >= 4 is 17.3 Å². The van der Waals surface area contributed by atoms with Gasteiger partial charge in [0.05, 0.1) is 6.54 Å². The zero-order chi connectivity index (χ0) is 12.1. The SMILES string of the molecule is C=CCOC(=O)NCc1nc2ncccc2o1. The molecule has 0 aliphatic carbocycles. The maximum Gasteiger partial charge on any atom is 0.407 e. The lowest BCUT2D eigenvalue weighted by Crippen LogP contribution is -2.23. The average molecular weight is 233 g/mol. The smallest absolute Gasteiger partial charge is 0.407 e. The van der Waals surface area contributed by atoms with Crippen molar-refractivity contribution in [3.63, 3.8) is 0 Å². The summed E-state index contributed by atoms with van der Waals surface area (Å²) >= 11 is 0. The maximum absolute atomic E-state index is 11.1. The van der Waals surface area contributed by atoms with Crippen LogP contribution in [-0.4, -0.2) is 22.7 Å². The predicted octanol–water partition coefficient (Wildman–Crippen LogP) is 1.64. The van der Waals surface area contributed by atoms with E-state index in [-0.39, 0.29) is 13.2 Å². The van der Waals surface area contributed by atoms with Crippen LogP contribution >= 0.6 is 0 Å². The summed E-state index contributed by atoms with van der Waals surface area (Å²) in [4.78, 5) is 19.2. The lowest BCUT2D eigenvalue weighted by Gasteiger charge is -2.01. The zero-order valence-corrected chi connectivity index (χ0v) is 9.05. The third kappa shape index (κ3) is 2.81. The molecular formula is C11H11N3O3. The summed E-state index contributed by atoms with van der Waals surface area (Å²) in [6.45, 7) is 3.76. The molecule has 2 aromatic heterocycles. The Morgan fingerprint density at radius 1 is 1.65 bits per heavy atom. The predicted molar refractivity (Wildman–Crippen MR) is 60.2 cm³/mol. The Hall–Kier alpha value is -2.37. The van der Waals surface area contributed by atoms with Gasteiger partial charge in [-0.2, -0.15) is 4.98 Å². The minimum atomic E-state index is -0.542. The number of rotatable bonds is 4. The summed E-state index contributed by atoms with van der Waals surface area (Å²) in [5.41, 5.74) is 1.10. The van der Waals surface area contributed by atoms with Gasteiger partial charge in [0.15, 0.2) is 11.2 Å². The summed E-state index contributed by atoms with van der Waals surface area (Å²) in [5, 5.41) is 2.50. The van der Waals surface area contributed by atoms with Crippen LogP contribution in [0.1, 0.15) is 5.89 Å². The zero-order valence-electron chi connectivity index (χ0n) is 9.05. The molecule has 2 aromatic rings. The highest BCUT2D eigenvalue weighted by atomic mass is 16.5. The van der Waals surface area contributed by atoms with Gasteiger partial charge < -0.3 is 14.5 Å². The molecule has 0 fully saturated rings. The van der Waals surface area contributed by atoms with Gasteiger partial charge in [-0.15, -0.1) is 0 Å². The van der Waals surface area contributed by atoms with E-state index in [4.69, 9.17) is 9.15 Å². The second kappa shape index (κ2) is 5.11. The summed E-state index contributed by atoms with van der Waals surface area (Å²) in [5.74, 6) is 0.384. The molecule has 17 heavy (non-hydrogen) atoms. The minimum absolute atomic E-state index is 0.159. The highest BCUT2D eigenvalue weighted by molar-refractivity contribution is 5.68. The van der Waals surface area contributed by atoms with Gasteiger partial charge in [0, 0.05) is 6.20 Å². The summed E-state index contributed by atoms with van der Waals surface area (Å²) in [6, 6.07) is 3.51. The van der Waals surface area contributed by atoms with E-state index in [1.54, 1.807) is 18.3 Å². The van der Waals surface area contributed by atoms with Crippen molar-refractivity contribution in [2.75, 3.05) is 6.61 Å². The quantitative estimate of drug-likeness (QED) is 0.812. The maximum atomic E-state index is 11.1. The van der Waals surface area contributed by atoms with Gasteiger partial charge in [0.25, 0.3) is 0 Å². The first-order valence-corrected chi connectivity index (χ1v) is 5.01. The van der Waals surface area contributed by atoms with Gasteiger partial charge in [0.1, 0.15) is 6.61 Å². The highest BCUT2D eigenvalue weighted by Crippen LogP contribution is 2.11. The van der Waals surface area contributed by atoms with Gasteiger partial charge in [-0.1, -0.05) is 12.7 Å². The number of aromatic nitrogens is 2. The molecule has 0 saturated heterocycles. The van der Waals surface area contributed by atoms with Gasteiger partial charge >= 0.3 is 6.09 Å². The van der Waals surface area contributed by atoms with E-state index in [0.717, 1.165) is 0 Å². The van der Waals surface area contributed by atoms with Crippen molar-refractivity contribution in [1.82, 2.24) is 15.3 Å². The third-order valence-electron chi connectivity index (χ3n) is 1.93. The summed E-state index contributed by atoms with van der Waals surface area (Å²) in [6.07, 6.45) is 2.57. The standard InChI is InChI=1S/C11H11N3O3/c1-2-6-16-11(15)13-7-9-14-10-8(17-9)4-3-5-12-10/h2-5H,1,6-7H2,(H,13,15). The van der Waals surface area contributed by atoms with Gasteiger partial charge in [0.2, 0.25) is 5.89 Å². The topological polar surface area (TPSA) is 77.2 Å². The van der Waals surface area contributed by atoms with Gasteiger partial charge in [-0.05, 0) is 12.1 Å². The first kappa shape index (κ1) is 11.1. The van der Waals surface area contributed by atoms with E-state index < -0.39 is 6.09 Å². The molecule has 0 bridgehead atoms. The Morgan fingerprint density at radius 2 is 2.53 bits per heavy atom. The van der Waals surface area contributed by atoms with Crippen LogP contribution < -0.4 is 5.32 Å². The van der Waals surface area contributed by atoms with Crippen LogP contribution in [0.15, 0.2) is 35.4 Å². The molecule has 0 radical (unpaired) electrons. The molecule has 0 aromatic carbocycles. The molecule has 0 spiro atoms. The fourth-order valence-corrected chi connectivity index (χ4v) is 1.22. The summed E-state index contributed by atoms with van der Waals surface area (Å²) < 4.78 is 10.1. The number of hydrogen-bond donors (Lipinski definition) is 1. The number of alkyl carbamates (subject to hydrolysis) is 1. The van der Waals surface area contributed by atoms with E-state index in [9.17, 15) is 4.79 Å². The van der Waals surface area contributed by atoms with Crippen LogP contribution in [0.3, 0.4) is 0 Å². The van der Waals surface area contributed by atoms with Crippen LogP contribution in [0.4, 0.5) is 4.79 Å². The van der Waals surface area contributed by atoms with Crippen LogP contribution in [-0.2, 0) is 11.3 Å². The molecule has 2 heterocycles. The second-order valence-corrected chi connectivity index (χ2v) is 3.17. The Kier molecular flexibility index (Phi) is 3.34. The van der Waals surface area contributed by atoms with Crippen molar-refractivity contribution in [3.05, 3.63) is 36.9 Å². The number of pyridine rings is 1. The number of nitrogens with one attached hydrogen (secondary N) is 1. The van der Waals surface area contributed by atoms with E-state index in [2.05, 4.69) is 21.9 Å².